The number of carbonyl (C=O) groups excluding carboxylic acids is 3. The summed E-state index contributed by atoms with van der Waals surface area (Å²) in [6.45, 7) is -0.395. The number of carbonyl (C=O) groups is 4. The van der Waals surface area contributed by atoms with E-state index < -0.39 is 71.0 Å². The predicted octanol–water partition coefficient (Wildman–Crippen LogP) is 7.80. The number of cyclic esters (lactones) is 1. The number of nitro groups is 1. The first-order valence-corrected chi connectivity index (χ1v) is 20.2. The number of nitro benzene ring substituents is 1. The minimum atomic E-state index is -2.25. The number of fused-ring (bicyclic) bond motifs is 3. The summed E-state index contributed by atoms with van der Waals surface area (Å²) < 4.78 is 17.3. The zero-order valence-corrected chi connectivity index (χ0v) is 33.9. The fraction of sp³-hybridized carbons (Fsp3) is 0.160. The van der Waals surface area contributed by atoms with Gasteiger partial charge in [-0.2, -0.15) is 0 Å². The number of anilines is 1. The van der Waals surface area contributed by atoms with Crippen molar-refractivity contribution in [2.75, 3.05) is 12.0 Å². The highest BCUT2D eigenvalue weighted by Crippen LogP contribution is 2.66. The number of methoxy groups -OCH3 is 1. The number of esters is 1. The molecule has 0 radical (unpaired) electrons. The van der Waals surface area contributed by atoms with Crippen molar-refractivity contribution >= 4 is 35.3 Å². The van der Waals surface area contributed by atoms with E-state index in [2.05, 4.69) is 11.8 Å². The second-order valence-electron chi connectivity index (χ2n) is 15.5. The molecule has 1 spiro atoms. The summed E-state index contributed by atoms with van der Waals surface area (Å²) in [4.78, 5) is 72.7. The second-order valence-corrected chi connectivity index (χ2v) is 15.5. The normalized spacial score (nSPS) is 22.1. The highest BCUT2D eigenvalue weighted by Gasteiger charge is 2.76. The molecule has 2 amide bonds. The number of non-ortho nitro benzene ring substituents is 1. The summed E-state index contributed by atoms with van der Waals surface area (Å²) in [5, 5.41) is 33.4. The largest absolute Gasteiger partial charge is 0.508 e. The number of carboxylic acid groups (broad SMARTS) is 1. The second kappa shape index (κ2) is 16.5. The number of aromatic hydroxyl groups is 1. The number of amides is 2. The van der Waals surface area contributed by atoms with Gasteiger partial charge in [0.25, 0.3) is 5.69 Å². The van der Waals surface area contributed by atoms with Crippen molar-refractivity contribution in [2.24, 2.45) is 5.92 Å². The Morgan fingerprint density at radius 2 is 1.41 bits per heavy atom. The quantitative estimate of drug-likeness (QED) is 0.0656. The minimum absolute atomic E-state index is 0.00723. The first-order chi connectivity index (χ1) is 31.0. The van der Waals surface area contributed by atoms with Crippen molar-refractivity contribution in [3.05, 3.63) is 201 Å². The lowest BCUT2D eigenvalue weighted by atomic mass is 9.65. The van der Waals surface area contributed by atoms with Gasteiger partial charge in [0.05, 0.1) is 29.8 Å². The molecule has 64 heavy (non-hydrogen) atoms. The van der Waals surface area contributed by atoms with Gasteiger partial charge in [-0.05, 0) is 94.5 Å². The van der Waals surface area contributed by atoms with Gasteiger partial charge in [0.2, 0.25) is 5.91 Å². The van der Waals surface area contributed by atoms with Crippen LogP contribution in [0.4, 0.5) is 16.2 Å². The summed E-state index contributed by atoms with van der Waals surface area (Å²) in [5.74, 6) is 1.50. The molecule has 0 unspecified atom stereocenters. The minimum Gasteiger partial charge on any atom is -0.508 e. The Morgan fingerprint density at radius 1 is 0.781 bits per heavy atom. The van der Waals surface area contributed by atoms with Crippen LogP contribution < -0.4 is 9.64 Å². The van der Waals surface area contributed by atoms with Crippen LogP contribution in [0.1, 0.15) is 57.1 Å². The highest BCUT2D eigenvalue weighted by molar-refractivity contribution is 6.23. The maximum absolute atomic E-state index is 15.9. The van der Waals surface area contributed by atoms with E-state index in [0.717, 1.165) is 4.90 Å². The molecule has 0 aliphatic carbocycles. The molecular formula is C50H37N3O11. The third kappa shape index (κ3) is 6.94. The van der Waals surface area contributed by atoms with E-state index in [1.807, 2.05) is 36.4 Å². The number of hydrogen-bond acceptors (Lipinski definition) is 11. The number of rotatable bonds is 8. The summed E-state index contributed by atoms with van der Waals surface area (Å²) >= 11 is 0. The Labute approximate surface area is 366 Å². The smallest absolute Gasteiger partial charge is 0.421 e. The number of ether oxygens (including phenoxy) is 3. The van der Waals surface area contributed by atoms with Gasteiger partial charge in [0.15, 0.2) is 0 Å². The molecule has 3 heterocycles. The average molecular weight is 856 g/mol. The van der Waals surface area contributed by atoms with Gasteiger partial charge in [0.1, 0.15) is 41.6 Å². The Bertz CT molecular complexity index is 2860. The van der Waals surface area contributed by atoms with Crippen LogP contribution in [0.2, 0.25) is 0 Å². The van der Waals surface area contributed by atoms with Gasteiger partial charge in [-0.25, -0.2) is 9.69 Å². The van der Waals surface area contributed by atoms with Crippen LogP contribution in [0.25, 0.3) is 0 Å². The zero-order valence-electron chi connectivity index (χ0n) is 33.9. The molecule has 0 aromatic heterocycles. The molecule has 318 valence electrons. The number of imide groups is 1. The topological polar surface area (TPSA) is 186 Å². The van der Waals surface area contributed by atoms with Crippen LogP contribution in [0.5, 0.6) is 11.5 Å². The van der Waals surface area contributed by atoms with Crippen molar-refractivity contribution in [1.82, 2.24) is 4.90 Å². The number of phenolic OH excluding ortho intramolecular Hbond substituents is 1. The van der Waals surface area contributed by atoms with Crippen LogP contribution in [0, 0.1) is 27.9 Å². The standard InChI is InChI=1S/C50H37N3O11/c1-62-38-25-16-30(17-26-38)12-13-31-18-27-40-39(28-31)50(48(58)51(40)49(59)63-29-32-14-21-36(22-15-32)53(60)61)41(46(55)56)43-47(57)64-44(34-10-6-3-7-11-34)42(33-8-4-2-5-9-33)52(43)45(50)35-19-23-37(54)24-20-35/h2-11,14-28,41-45,54H,29H2,1H3,(H,55,56)/t41-,42-,43-,44+,45+,50-/m1/s1. The molecule has 2 fully saturated rings. The number of aliphatic carboxylic acids is 1. The first-order valence-electron chi connectivity index (χ1n) is 20.2. The molecule has 14 nitrogen and oxygen atoms in total. The fourth-order valence-electron chi connectivity index (χ4n) is 9.34. The van der Waals surface area contributed by atoms with Gasteiger partial charge in [-0.3, -0.25) is 29.4 Å². The number of phenols is 1. The summed E-state index contributed by atoms with van der Waals surface area (Å²) in [6.07, 6.45) is -2.14. The Kier molecular flexibility index (Phi) is 10.6. The van der Waals surface area contributed by atoms with Crippen LogP contribution >= 0.6 is 0 Å². The average Bonchev–Trinajstić information content (AvgIpc) is 3.77. The van der Waals surface area contributed by atoms with E-state index in [1.165, 1.54) is 42.5 Å². The van der Waals surface area contributed by atoms with E-state index in [0.29, 0.717) is 39.1 Å². The van der Waals surface area contributed by atoms with Crippen molar-refractivity contribution in [3.8, 4) is 23.3 Å². The molecule has 0 bridgehead atoms. The number of morpholine rings is 1. The van der Waals surface area contributed by atoms with Gasteiger partial charge in [0, 0.05) is 23.3 Å². The van der Waals surface area contributed by atoms with Gasteiger partial charge < -0.3 is 24.4 Å². The van der Waals surface area contributed by atoms with E-state index in [-0.39, 0.29) is 22.7 Å². The Balaban J connectivity index is 1.27. The summed E-state index contributed by atoms with van der Waals surface area (Å²) in [5.41, 5.74) is 0.704. The van der Waals surface area contributed by atoms with Crippen molar-refractivity contribution in [3.63, 3.8) is 0 Å². The molecule has 14 heteroatoms. The molecular weight excluding hydrogens is 819 g/mol. The molecule has 3 aliphatic rings. The van der Waals surface area contributed by atoms with E-state index >= 15 is 4.79 Å². The number of hydrogen-bond donors (Lipinski definition) is 2. The van der Waals surface area contributed by atoms with Gasteiger partial charge in [-0.1, -0.05) is 84.6 Å². The van der Waals surface area contributed by atoms with E-state index in [4.69, 9.17) is 14.2 Å². The number of benzene rings is 6. The predicted molar refractivity (Wildman–Crippen MR) is 230 cm³/mol. The SMILES string of the molecule is COc1ccc(C#Cc2ccc3c(c2)[C@]2(C(=O)N3C(=O)OCc3ccc([N+](=O)[O-])cc3)[C@H](c3ccc(O)cc3)N3[C@H](c4ccccc4)[C@H](c4ccccc4)OC(=O)[C@H]3[C@@H]2C(=O)O)cc1. The highest BCUT2D eigenvalue weighted by atomic mass is 16.6. The monoisotopic (exact) mass is 855 g/mol. The lowest BCUT2D eigenvalue weighted by Crippen LogP contribution is -2.53. The number of carboxylic acids is 1. The van der Waals surface area contributed by atoms with Crippen molar-refractivity contribution in [2.45, 2.75) is 36.3 Å². The molecule has 6 aromatic carbocycles. The van der Waals surface area contributed by atoms with Crippen LogP contribution in [-0.4, -0.2) is 57.1 Å². The summed E-state index contributed by atoms with van der Waals surface area (Å²) in [7, 11) is 1.55. The maximum atomic E-state index is 15.9. The summed E-state index contributed by atoms with van der Waals surface area (Å²) in [6, 6.07) is 37.3. The van der Waals surface area contributed by atoms with Crippen LogP contribution in [0.15, 0.2) is 152 Å². The molecule has 2 saturated heterocycles. The van der Waals surface area contributed by atoms with Crippen molar-refractivity contribution in [1.29, 1.82) is 0 Å². The molecule has 2 N–H and O–H groups in total. The Morgan fingerprint density at radius 3 is 2.03 bits per heavy atom. The first kappa shape index (κ1) is 41.1. The van der Waals surface area contributed by atoms with Gasteiger partial charge >= 0.3 is 18.0 Å². The number of nitrogens with zero attached hydrogens (tertiary/aromatic N) is 3. The van der Waals surface area contributed by atoms with Crippen LogP contribution in [0.3, 0.4) is 0 Å². The molecule has 9 rings (SSSR count). The van der Waals surface area contributed by atoms with E-state index in [9.17, 15) is 34.7 Å². The maximum Gasteiger partial charge on any atom is 0.421 e. The lowest BCUT2D eigenvalue weighted by Gasteiger charge is -2.46. The third-order valence-corrected chi connectivity index (χ3v) is 12.1. The lowest BCUT2D eigenvalue weighted by molar-refractivity contribution is -0.384. The molecule has 0 saturated carbocycles. The molecule has 6 atom stereocenters. The van der Waals surface area contributed by atoms with Crippen molar-refractivity contribution < 1.29 is 48.5 Å². The fourth-order valence-corrected chi connectivity index (χ4v) is 9.34. The van der Waals surface area contributed by atoms with E-state index in [1.54, 1.807) is 84.8 Å². The Hall–Kier alpha value is -8.28. The molecule has 6 aromatic rings. The van der Waals surface area contributed by atoms with Crippen LogP contribution in [-0.2, 0) is 35.9 Å². The van der Waals surface area contributed by atoms with Gasteiger partial charge in [-0.15, -0.1) is 0 Å². The molecule has 3 aliphatic heterocycles. The zero-order chi connectivity index (χ0) is 44.7. The third-order valence-electron chi connectivity index (χ3n) is 12.1.